The van der Waals surface area contributed by atoms with Gasteiger partial charge < -0.3 is 21.3 Å². The molecule has 1 amide bonds. The Labute approximate surface area is 207 Å². The van der Waals surface area contributed by atoms with Gasteiger partial charge in [-0.2, -0.15) is 0 Å². The number of nitrogens with two attached hydrogens (primary N) is 1. The van der Waals surface area contributed by atoms with E-state index in [0.29, 0.717) is 48.5 Å². The summed E-state index contributed by atoms with van der Waals surface area (Å²) in [5, 5.41) is 25.1. The minimum absolute atomic E-state index is 0.00894. The van der Waals surface area contributed by atoms with Crippen LogP contribution in [0.3, 0.4) is 0 Å². The van der Waals surface area contributed by atoms with Gasteiger partial charge in [0.1, 0.15) is 17.3 Å². The van der Waals surface area contributed by atoms with E-state index in [1.807, 2.05) is 42.3 Å². The third kappa shape index (κ3) is 5.89. The molecule has 4 rings (SSSR count). The quantitative estimate of drug-likeness (QED) is 0.232. The predicted molar refractivity (Wildman–Crippen MR) is 136 cm³/mol. The number of likely N-dealkylation sites (N-methyl/N-ethyl adjacent to an activating group) is 1. The highest BCUT2D eigenvalue weighted by Crippen LogP contribution is 2.33. The molecular formula is C23H27ClN8O3. The second-order valence-electron chi connectivity index (χ2n) is 8.10. The van der Waals surface area contributed by atoms with Crippen molar-refractivity contribution in [3.8, 4) is 11.3 Å². The molecular weight excluding hydrogens is 472 g/mol. The van der Waals surface area contributed by atoms with Crippen molar-refractivity contribution in [2.24, 2.45) is 0 Å². The Morgan fingerprint density at radius 3 is 2.43 bits per heavy atom. The predicted octanol–water partition coefficient (Wildman–Crippen LogP) is 2.77. The summed E-state index contributed by atoms with van der Waals surface area (Å²) < 4.78 is 0. The number of nitrogens with one attached hydrogen (secondary N) is 2. The standard InChI is InChI=1S/C23H27ClN8O3/c1-30-11-12-31(21(33)14-30)17-5-7-19(28-22(17)15-3-2-4-16(24)13-15)26-9-10-27-20-8-6-18(32(34)35)23(25)29-20/h2-8,13,34-35H,9-12,14H2,1H3,(H,26,28)(H3,25,27,29). The summed E-state index contributed by atoms with van der Waals surface area (Å²) in [4.78, 5) is 25.4. The fourth-order valence-corrected chi connectivity index (χ4v) is 3.97. The summed E-state index contributed by atoms with van der Waals surface area (Å²) in [7, 11) is 1.93. The molecule has 1 aliphatic rings. The first kappa shape index (κ1) is 24.5. The number of piperazine rings is 1. The summed E-state index contributed by atoms with van der Waals surface area (Å²) >= 11 is 6.24. The number of aromatic nitrogens is 2. The highest BCUT2D eigenvalue weighted by molar-refractivity contribution is 6.30. The van der Waals surface area contributed by atoms with Gasteiger partial charge in [-0.15, -0.1) is 5.23 Å². The molecule has 1 aliphatic heterocycles. The van der Waals surface area contributed by atoms with Crippen LogP contribution in [0, 0.1) is 0 Å². The maximum absolute atomic E-state index is 12.7. The molecule has 0 radical (unpaired) electrons. The molecule has 35 heavy (non-hydrogen) atoms. The minimum Gasteiger partial charge on any atom is -0.382 e. The Bertz CT molecular complexity index is 1210. The minimum atomic E-state index is -0.0732. The largest absolute Gasteiger partial charge is 0.382 e. The Hall–Kier alpha value is -3.64. The van der Waals surface area contributed by atoms with Gasteiger partial charge in [-0.1, -0.05) is 23.7 Å². The Kier molecular flexibility index (Phi) is 7.51. The van der Waals surface area contributed by atoms with Gasteiger partial charge in [0.05, 0.1) is 17.9 Å². The number of amides is 1. The van der Waals surface area contributed by atoms with Crippen molar-refractivity contribution in [2.45, 2.75) is 0 Å². The molecule has 184 valence electrons. The van der Waals surface area contributed by atoms with Crippen LogP contribution in [0.1, 0.15) is 0 Å². The van der Waals surface area contributed by atoms with E-state index in [4.69, 9.17) is 32.7 Å². The number of carbonyl (C=O) groups excluding carboxylic acids is 1. The van der Waals surface area contributed by atoms with Crippen molar-refractivity contribution in [3.63, 3.8) is 0 Å². The number of halogens is 1. The van der Waals surface area contributed by atoms with Gasteiger partial charge in [0.2, 0.25) is 5.91 Å². The zero-order valence-corrected chi connectivity index (χ0v) is 19.9. The van der Waals surface area contributed by atoms with Gasteiger partial charge in [-0.3, -0.25) is 20.1 Å². The van der Waals surface area contributed by atoms with Crippen molar-refractivity contribution in [3.05, 3.63) is 53.6 Å². The molecule has 0 atom stereocenters. The van der Waals surface area contributed by atoms with E-state index in [1.165, 1.54) is 6.07 Å². The molecule has 3 heterocycles. The lowest BCUT2D eigenvalue weighted by Crippen LogP contribution is -2.49. The fraction of sp³-hybridized carbons (Fsp3) is 0.261. The lowest BCUT2D eigenvalue weighted by molar-refractivity contribution is -0.120. The van der Waals surface area contributed by atoms with Crippen molar-refractivity contribution in [1.29, 1.82) is 0 Å². The molecule has 1 saturated heterocycles. The van der Waals surface area contributed by atoms with Crippen molar-refractivity contribution >= 4 is 46.3 Å². The summed E-state index contributed by atoms with van der Waals surface area (Å²) in [6, 6.07) is 14.2. The third-order valence-corrected chi connectivity index (χ3v) is 5.76. The maximum atomic E-state index is 12.7. The fourth-order valence-electron chi connectivity index (χ4n) is 3.78. The molecule has 12 heteroatoms. The van der Waals surface area contributed by atoms with E-state index >= 15 is 0 Å². The zero-order chi connectivity index (χ0) is 24.9. The first-order chi connectivity index (χ1) is 16.8. The highest BCUT2D eigenvalue weighted by Gasteiger charge is 2.26. The average Bonchev–Trinajstić information content (AvgIpc) is 2.82. The summed E-state index contributed by atoms with van der Waals surface area (Å²) in [6.45, 7) is 2.74. The summed E-state index contributed by atoms with van der Waals surface area (Å²) in [5.74, 6) is 1.14. The lowest BCUT2D eigenvalue weighted by Gasteiger charge is -2.33. The molecule has 1 aromatic carbocycles. The van der Waals surface area contributed by atoms with Crippen LogP contribution >= 0.6 is 11.6 Å². The summed E-state index contributed by atoms with van der Waals surface area (Å²) in [6.07, 6.45) is 0. The Morgan fingerprint density at radius 2 is 1.77 bits per heavy atom. The Balaban J connectivity index is 1.48. The molecule has 0 saturated carbocycles. The van der Waals surface area contributed by atoms with Crippen LogP contribution in [0.15, 0.2) is 48.5 Å². The van der Waals surface area contributed by atoms with E-state index in [0.717, 1.165) is 17.8 Å². The molecule has 0 unspecified atom stereocenters. The van der Waals surface area contributed by atoms with Crippen LogP contribution < -0.4 is 26.5 Å². The van der Waals surface area contributed by atoms with Crippen molar-refractivity contribution in [1.82, 2.24) is 14.9 Å². The normalized spacial score (nSPS) is 14.2. The monoisotopic (exact) mass is 498 g/mol. The number of hydrogen-bond acceptors (Lipinski definition) is 10. The van der Waals surface area contributed by atoms with E-state index in [2.05, 4.69) is 15.6 Å². The van der Waals surface area contributed by atoms with E-state index in [1.54, 1.807) is 17.0 Å². The van der Waals surface area contributed by atoms with Crippen LogP contribution in [0.25, 0.3) is 11.3 Å². The highest BCUT2D eigenvalue weighted by atomic mass is 35.5. The summed E-state index contributed by atoms with van der Waals surface area (Å²) in [5.41, 5.74) is 7.95. The molecule has 2 aromatic heterocycles. The number of anilines is 5. The Morgan fingerprint density at radius 1 is 1.06 bits per heavy atom. The maximum Gasteiger partial charge on any atom is 0.241 e. The molecule has 3 aromatic rings. The van der Waals surface area contributed by atoms with Crippen LogP contribution in [0.4, 0.5) is 28.8 Å². The number of nitrogen functional groups attached to an aromatic ring is 1. The number of hydrogen-bond donors (Lipinski definition) is 5. The second kappa shape index (κ2) is 10.7. The molecule has 6 N–H and O–H groups in total. The first-order valence-electron chi connectivity index (χ1n) is 11.0. The first-order valence-corrected chi connectivity index (χ1v) is 11.4. The molecule has 1 fully saturated rings. The van der Waals surface area contributed by atoms with Crippen LogP contribution in [-0.4, -0.2) is 71.0 Å². The third-order valence-electron chi connectivity index (χ3n) is 5.53. The molecule has 0 aliphatic carbocycles. The van der Waals surface area contributed by atoms with Crippen molar-refractivity contribution < 1.29 is 15.2 Å². The van der Waals surface area contributed by atoms with Gasteiger partial charge in [0.15, 0.2) is 5.82 Å². The van der Waals surface area contributed by atoms with Crippen molar-refractivity contribution in [2.75, 3.05) is 66.3 Å². The number of pyridine rings is 2. The van der Waals surface area contributed by atoms with E-state index in [9.17, 15) is 4.79 Å². The SMILES string of the molecule is CN1CCN(c2ccc(NCCNc3ccc(N(O)O)c(N)n3)nc2-c2cccc(Cl)c2)C(=O)C1. The van der Waals surface area contributed by atoms with E-state index in [-0.39, 0.29) is 22.6 Å². The van der Waals surface area contributed by atoms with Crippen LogP contribution in [0.2, 0.25) is 5.02 Å². The number of nitrogens with zero attached hydrogens (tertiary/aromatic N) is 5. The molecule has 0 spiro atoms. The van der Waals surface area contributed by atoms with Crippen LogP contribution in [0.5, 0.6) is 0 Å². The van der Waals surface area contributed by atoms with Gasteiger partial charge in [-0.05, 0) is 43.4 Å². The smallest absolute Gasteiger partial charge is 0.241 e. The average molecular weight is 499 g/mol. The number of rotatable bonds is 8. The zero-order valence-electron chi connectivity index (χ0n) is 19.1. The number of carbonyl (C=O) groups is 1. The van der Waals surface area contributed by atoms with Gasteiger partial charge in [-0.25, -0.2) is 9.97 Å². The second-order valence-corrected chi connectivity index (χ2v) is 8.54. The van der Waals surface area contributed by atoms with Crippen LogP contribution in [-0.2, 0) is 4.79 Å². The topological polar surface area (TPSA) is 143 Å². The number of benzene rings is 1. The molecule has 0 bridgehead atoms. The van der Waals surface area contributed by atoms with Gasteiger partial charge in [0.25, 0.3) is 0 Å². The van der Waals surface area contributed by atoms with Gasteiger partial charge in [0, 0.05) is 36.8 Å². The molecule has 11 nitrogen and oxygen atoms in total. The van der Waals surface area contributed by atoms with Gasteiger partial charge >= 0.3 is 0 Å². The van der Waals surface area contributed by atoms with E-state index < -0.39 is 0 Å². The lowest BCUT2D eigenvalue weighted by atomic mass is 10.1.